The third-order valence-electron chi connectivity index (χ3n) is 4.72. The van der Waals surface area contributed by atoms with Crippen LogP contribution in [0.1, 0.15) is 20.6 Å². The van der Waals surface area contributed by atoms with Crippen molar-refractivity contribution in [3.63, 3.8) is 0 Å². The van der Waals surface area contributed by atoms with Gasteiger partial charge in [-0.05, 0) is 29.8 Å². The Morgan fingerprint density at radius 3 is 2.56 bits per heavy atom. The Morgan fingerprint density at radius 2 is 1.88 bits per heavy atom. The fourth-order valence-corrected chi connectivity index (χ4v) is 3.15. The van der Waals surface area contributed by atoms with Gasteiger partial charge in [-0.3, -0.25) is 4.99 Å². The first-order chi connectivity index (χ1) is 16.4. The van der Waals surface area contributed by atoms with Gasteiger partial charge in [0.1, 0.15) is 0 Å². The van der Waals surface area contributed by atoms with Crippen molar-refractivity contribution in [2.75, 3.05) is 18.4 Å². The quantitative estimate of drug-likeness (QED) is 0.474. The zero-order chi connectivity index (χ0) is 23.7. The van der Waals surface area contributed by atoms with Crippen molar-refractivity contribution in [1.82, 2.24) is 25.1 Å². The molecule has 0 aliphatic carbocycles. The molecular weight excluding hydrogens is 416 g/mol. The summed E-state index contributed by atoms with van der Waals surface area (Å²) in [6.45, 7) is -0.334. The molecule has 0 bridgehead atoms. The van der Waals surface area contributed by atoms with Crippen LogP contribution in [0.15, 0.2) is 70.5 Å². The molecule has 0 amide bonds. The molecule has 0 saturated heterocycles. The highest BCUT2D eigenvalue weighted by Crippen LogP contribution is 2.24. The van der Waals surface area contributed by atoms with Gasteiger partial charge in [-0.2, -0.15) is 8.78 Å². The SMILES string of the molecule is [2H]C([2H])(c1ccc(-c2nnc(C(F)F)o2)cc1)n1cnc(-c2ccc(NC3=NCCN3)cc2)c1. The topological polar surface area (TPSA) is 93.2 Å². The molecule has 4 aromatic rings. The predicted octanol–water partition coefficient (Wildman–Crippen LogP) is 3.96. The van der Waals surface area contributed by atoms with E-state index in [1.807, 2.05) is 24.3 Å². The normalized spacial score (nSPS) is 14.7. The van der Waals surface area contributed by atoms with Gasteiger partial charge in [-0.1, -0.05) is 24.3 Å². The van der Waals surface area contributed by atoms with Gasteiger partial charge < -0.3 is 19.6 Å². The van der Waals surface area contributed by atoms with Gasteiger partial charge in [0, 0.05) is 36.1 Å². The van der Waals surface area contributed by atoms with Crippen LogP contribution in [0.3, 0.4) is 0 Å². The maximum atomic E-state index is 12.7. The van der Waals surface area contributed by atoms with Gasteiger partial charge in [0.25, 0.3) is 5.89 Å². The largest absolute Gasteiger partial charge is 0.415 e. The molecule has 0 spiro atoms. The average molecular weight is 437 g/mol. The van der Waals surface area contributed by atoms with Crippen LogP contribution in [0, 0.1) is 0 Å². The summed E-state index contributed by atoms with van der Waals surface area (Å²) in [5.74, 6) is -0.0704. The van der Waals surface area contributed by atoms with Gasteiger partial charge in [0.05, 0.1) is 21.3 Å². The maximum absolute atomic E-state index is 12.7. The third kappa shape index (κ3) is 4.34. The van der Waals surface area contributed by atoms with Crippen molar-refractivity contribution in [1.29, 1.82) is 0 Å². The molecule has 0 fully saturated rings. The van der Waals surface area contributed by atoms with E-state index in [1.54, 1.807) is 30.5 Å². The number of hydrogen-bond acceptors (Lipinski definition) is 7. The summed E-state index contributed by atoms with van der Waals surface area (Å²) < 4.78 is 48.8. The number of guanidine groups is 1. The van der Waals surface area contributed by atoms with Crippen LogP contribution in [0.5, 0.6) is 0 Å². The Labute approximate surface area is 184 Å². The number of nitrogens with one attached hydrogen (secondary N) is 2. The van der Waals surface area contributed by atoms with E-state index in [-0.39, 0.29) is 5.89 Å². The first-order valence-electron chi connectivity index (χ1n) is 10.8. The molecule has 2 N–H and O–H groups in total. The van der Waals surface area contributed by atoms with Crippen LogP contribution in [-0.4, -0.2) is 38.8 Å². The summed E-state index contributed by atoms with van der Waals surface area (Å²) >= 11 is 0. The molecule has 0 saturated carbocycles. The molecule has 1 aliphatic heterocycles. The van der Waals surface area contributed by atoms with E-state index >= 15 is 0 Å². The van der Waals surface area contributed by atoms with E-state index in [0.717, 1.165) is 30.3 Å². The molecule has 5 rings (SSSR count). The molecule has 0 unspecified atom stereocenters. The average Bonchev–Trinajstić information content (AvgIpc) is 3.61. The minimum Gasteiger partial charge on any atom is -0.415 e. The van der Waals surface area contributed by atoms with Crippen molar-refractivity contribution in [3.8, 4) is 22.7 Å². The Bertz CT molecular complexity index is 1320. The zero-order valence-corrected chi connectivity index (χ0v) is 16.7. The number of alkyl halides is 2. The van der Waals surface area contributed by atoms with Crippen molar-refractivity contribution >= 4 is 11.6 Å². The highest BCUT2D eigenvalue weighted by molar-refractivity contribution is 5.94. The van der Waals surface area contributed by atoms with Gasteiger partial charge in [0.15, 0.2) is 5.96 Å². The van der Waals surface area contributed by atoms with Crippen LogP contribution in [0.2, 0.25) is 0 Å². The van der Waals surface area contributed by atoms with E-state index < -0.39 is 18.8 Å². The Kier molecular flexibility index (Phi) is 4.71. The van der Waals surface area contributed by atoms with E-state index in [0.29, 0.717) is 16.8 Å². The van der Waals surface area contributed by atoms with Crippen molar-refractivity contribution < 1.29 is 15.9 Å². The molecule has 0 atom stereocenters. The third-order valence-corrected chi connectivity index (χ3v) is 4.72. The van der Waals surface area contributed by atoms with E-state index in [2.05, 4.69) is 30.8 Å². The lowest BCUT2D eigenvalue weighted by molar-refractivity contribution is 0.116. The van der Waals surface area contributed by atoms with E-state index in [9.17, 15) is 8.78 Å². The number of halogens is 2. The number of nitrogens with zero attached hydrogens (tertiary/aromatic N) is 5. The molecule has 162 valence electrons. The molecule has 8 nitrogen and oxygen atoms in total. The lowest BCUT2D eigenvalue weighted by Gasteiger charge is -2.07. The van der Waals surface area contributed by atoms with Gasteiger partial charge in [0.2, 0.25) is 5.89 Å². The molecule has 0 radical (unpaired) electrons. The van der Waals surface area contributed by atoms with Crippen molar-refractivity contribution in [2.24, 2.45) is 4.99 Å². The fourth-order valence-electron chi connectivity index (χ4n) is 3.15. The number of aliphatic imine (C=N–C) groups is 1. The van der Waals surface area contributed by atoms with Crippen LogP contribution < -0.4 is 10.6 Å². The number of rotatable bonds is 6. The van der Waals surface area contributed by atoms with Gasteiger partial charge >= 0.3 is 6.43 Å². The van der Waals surface area contributed by atoms with Crippen molar-refractivity contribution in [2.45, 2.75) is 12.9 Å². The second kappa shape index (κ2) is 8.58. The molecule has 32 heavy (non-hydrogen) atoms. The first kappa shape index (κ1) is 17.6. The molecule has 2 aromatic carbocycles. The Balaban J connectivity index is 1.32. The van der Waals surface area contributed by atoms with Crippen LogP contribution in [0.4, 0.5) is 14.5 Å². The number of aromatic nitrogens is 4. The first-order valence-corrected chi connectivity index (χ1v) is 9.83. The van der Waals surface area contributed by atoms with Crippen LogP contribution in [-0.2, 0) is 6.50 Å². The van der Waals surface area contributed by atoms with E-state index in [1.165, 1.54) is 10.9 Å². The number of imidazole rings is 1. The smallest absolute Gasteiger partial charge is 0.314 e. The second-order valence-electron chi connectivity index (χ2n) is 6.96. The summed E-state index contributed by atoms with van der Waals surface area (Å²) in [6, 6.07) is 13.8. The molecule has 10 heteroatoms. The highest BCUT2D eigenvalue weighted by atomic mass is 19.3. The summed E-state index contributed by atoms with van der Waals surface area (Å²) in [7, 11) is 0. The number of anilines is 1. The van der Waals surface area contributed by atoms with E-state index in [4.69, 9.17) is 7.16 Å². The summed E-state index contributed by atoms with van der Waals surface area (Å²) in [5, 5.41) is 13.3. The summed E-state index contributed by atoms with van der Waals surface area (Å²) in [6.07, 6.45) is 0.210. The zero-order valence-electron chi connectivity index (χ0n) is 18.7. The number of benzene rings is 2. The highest BCUT2D eigenvalue weighted by Gasteiger charge is 2.17. The van der Waals surface area contributed by atoms with Crippen LogP contribution >= 0.6 is 0 Å². The van der Waals surface area contributed by atoms with Crippen molar-refractivity contribution in [3.05, 3.63) is 72.5 Å². The molecule has 3 heterocycles. The maximum Gasteiger partial charge on any atom is 0.314 e. The summed E-state index contributed by atoms with van der Waals surface area (Å²) in [5.41, 5.74) is 3.10. The lowest BCUT2D eigenvalue weighted by atomic mass is 10.1. The van der Waals surface area contributed by atoms with Crippen LogP contribution in [0.25, 0.3) is 22.7 Å². The standard InChI is InChI=1S/C22H19F2N7O/c23-19(24)21-30-29-20(32-21)16-3-1-14(2-4-16)11-31-12-18(27-13-31)15-5-7-17(8-6-15)28-22-25-9-10-26-22/h1-8,12-13,19H,9-11H2,(H2,25,26,28)/i11D2. The minimum atomic E-state index is -2.85. The molecule has 2 aromatic heterocycles. The monoisotopic (exact) mass is 437 g/mol. The second-order valence-corrected chi connectivity index (χ2v) is 6.96. The Hall–Kier alpha value is -4.08. The predicted molar refractivity (Wildman–Crippen MR) is 115 cm³/mol. The lowest BCUT2D eigenvalue weighted by Crippen LogP contribution is -2.26. The minimum absolute atomic E-state index is 0.0546. The van der Waals surface area contributed by atoms with Gasteiger partial charge in [-0.25, -0.2) is 4.98 Å². The Morgan fingerprint density at radius 1 is 1.09 bits per heavy atom. The molecular formula is C22H19F2N7O. The van der Waals surface area contributed by atoms with Gasteiger partial charge in [-0.15, -0.1) is 10.2 Å². The molecule has 1 aliphatic rings. The fraction of sp³-hybridized carbons (Fsp3) is 0.182. The number of hydrogen-bond donors (Lipinski definition) is 2. The summed E-state index contributed by atoms with van der Waals surface area (Å²) in [4.78, 5) is 8.65.